The minimum absolute atomic E-state index is 0.112. The lowest BCUT2D eigenvalue weighted by Crippen LogP contribution is -2.50. The van der Waals surface area contributed by atoms with E-state index in [1.807, 2.05) is 0 Å². The Hall–Kier alpha value is -0.410. The molecule has 0 amide bonds. The van der Waals surface area contributed by atoms with Crippen molar-refractivity contribution >= 4 is 5.78 Å². The Balaban J connectivity index is 2.39. The van der Waals surface area contributed by atoms with Gasteiger partial charge in [0, 0.05) is 32.6 Å². The molecule has 1 heterocycles. The van der Waals surface area contributed by atoms with Crippen molar-refractivity contribution in [3.8, 4) is 0 Å². The van der Waals surface area contributed by atoms with Crippen LogP contribution in [0, 0.1) is 5.92 Å². The standard InChI is InChI=1S/C12H24N2O/c1-10(2)9-12(15)11(3)14-7-5-13(4)6-8-14/h10-11H,5-9H2,1-4H3. The van der Waals surface area contributed by atoms with E-state index in [2.05, 4.69) is 37.6 Å². The van der Waals surface area contributed by atoms with Crippen molar-refractivity contribution in [2.24, 2.45) is 5.92 Å². The van der Waals surface area contributed by atoms with Gasteiger partial charge in [-0.3, -0.25) is 9.69 Å². The van der Waals surface area contributed by atoms with Gasteiger partial charge >= 0.3 is 0 Å². The lowest BCUT2D eigenvalue weighted by molar-refractivity contribution is -0.125. The van der Waals surface area contributed by atoms with Crippen LogP contribution in [-0.2, 0) is 4.79 Å². The third-order valence-electron chi connectivity index (χ3n) is 3.16. The van der Waals surface area contributed by atoms with Gasteiger partial charge in [0.25, 0.3) is 0 Å². The SMILES string of the molecule is CC(C)CC(=O)C(C)N1CCN(C)CC1. The van der Waals surface area contributed by atoms with E-state index in [0.29, 0.717) is 18.1 Å². The van der Waals surface area contributed by atoms with Gasteiger partial charge in [-0.1, -0.05) is 13.8 Å². The Morgan fingerprint density at radius 3 is 2.13 bits per heavy atom. The van der Waals surface area contributed by atoms with Crippen molar-refractivity contribution in [1.29, 1.82) is 0 Å². The molecule has 0 radical (unpaired) electrons. The van der Waals surface area contributed by atoms with Crippen LogP contribution in [0.2, 0.25) is 0 Å². The highest BCUT2D eigenvalue weighted by Gasteiger charge is 2.24. The number of piperazine rings is 1. The number of hydrogen-bond donors (Lipinski definition) is 0. The number of nitrogens with zero attached hydrogens (tertiary/aromatic N) is 2. The maximum atomic E-state index is 11.9. The fourth-order valence-electron chi connectivity index (χ4n) is 1.99. The summed E-state index contributed by atoms with van der Waals surface area (Å²) in [6.45, 7) is 10.5. The number of likely N-dealkylation sites (N-methyl/N-ethyl adjacent to an activating group) is 1. The van der Waals surface area contributed by atoms with Crippen LogP contribution in [0.5, 0.6) is 0 Å². The number of ketones is 1. The molecule has 0 aromatic heterocycles. The molecule has 0 saturated carbocycles. The van der Waals surface area contributed by atoms with Gasteiger partial charge in [0.05, 0.1) is 6.04 Å². The van der Waals surface area contributed by atoms with E-state index < -0.39 is 0 Å². The predicted molar refractivity (Wildman–Crippen MR) is 63.0 cm³/mol. The van der Waals surface area contributed by atoms with Gasteiger partial charge in [-0.25, -0.2) is 0 Å². The largest absolute Gasteiger partial charge is 0.304 e. The first-order chi connectivity index (χ1) is 7.00. The summed E-state index contributed by atoms with van der Waals surface area (Å²) in [6, 6.07) is 0.112. The fourth-order valence-corrected chi connectivity index (χ4v) is 1.99. The molecule has 1 saturated heterocycles. The molecule has 0 aromatic carbocycles. The molecule has 88 valence electrons. The zero-order valence-corrected chi connectivity index (χ0v) is 10.5. The third-order valence-corrected chi connectivity index (χ3v) is 3.16. The molecular weight excluding hydrogens is 188 g/mol. The highest BCUT2D eigenvalue weighted by Crippen LogP contribution is 2.10. The molecule has 0 spiro atoms. The smallest absolute Gasteiger partial charge is 0.149 e. The van der Waals surface area contributed by atoms with Gasteiger partial charge in [-0.05, 0) is 19.9 Å². The van der Waals surface area contributed by atoms with Crippen molar-refractivity contribution in [2.75, 3.05) is 33.2 Å². The van der Waals surface area contributed by atoms with Gasteiger partial charge in [0.15, 0.2) is 0 Å². The second-order valence-corrected chi connectivity index (χ2v) is 5.08. The third kappa shape index (κ3) is 3.92. The molecule has 1 unspecified atom stereocenters. The number of carbonyl (C=O) groups is 1. The van der Waals surface area contributed by atoms with E-state index in [9.17, 15) is 4.79 Å². The van der Waals surface area contributed by atoms with E-state index in [1.54, 1.807) is 0 Å². The van der Waals surface area contributed by atoms with Crippen LogP contribution in [0.4, 0.5) is 0 Å². The summed E-state index contributed by atoms with van der Waals surface area (Å²) in [7, 11) is 2.14. The van der Waals surface area contributed by atoms with Crippen LogP contribution in [0.1, 0.15) is 27.2 Å². The van der Waals surface area contributed by atoms with Crippen molar-refractivity contribution in [3.63, 3.8) is 0 Å². The quantitative estimate of drug-likeness (QED) is 0.700. The van der Waals surface area contributed by atoms with Crippen LogP contribution in [0.25, 0.3) is 0 Å². The molecule has 1 aliphatic rings. The van der Waals surface area contributed by atoms with E-state index in [-0.39, 0.29) is 6.04 Å². The lowest BCUT2D eigenvalue weighted by atomic mass is 10.0. The van der Waals surface area contributed by atoms with E-state index in [4.69, 9.17) is 0 Å². The normalized spacial score (nSPS) is 21.9. The second kappa shape index (κ2) is 5.61. The van der Waals surface area contributed by atoms with E-state index in [1.165, 1.54) is 0 Å². The van der Waals surface area contributed by atoms with E-state index in [0.717, 1.165) is 26.2 Å². The van der Waals surface area contributed by atoms with Gasteiger partial charge in [-0.15, -0.1) is 0 Å². The molecule has 15 heavy (non-hydrogen) atoms. The van der Waals surface area contributed by atoms with E-state index >= 15 is 0 Å². The zero-order valence-electron chi connectivity index (χ0n) is 10.5. The first kappa shape index (κ1) is 12.7. The molecular formula is C12H24N2O. The van der Waals surface area contributed by atoms with Crippen LogP contribution in [0.3, 0.4) is 0 Å². The highest BCUT2D eigenvalue weighted by atomic mass is 16.1. The van der Waals surface area contributed by atoms with Crippen molar-refractivity contribution in [3.05, 3.63) is 0 Å². The summed E-state index contributed by atoms with van der Waals surface area (Å²) in [5, 5.41) is 0. The summed E-state index contributed by atoms with van der Waals surface area (Å²) in [4.78, 5) is 16.5. The summed E-state index contributed by atoms with van der Waals surface area (Å²) >= 11 is 0. The highest BCUT2D eigenvalue weighted by molar-refractivity contribution is 5.83. The van der Waals surface area contributed by atoms with Crippen LogP contribution in [0.15, 0.2) is 0 Å². The Labute approximate surface area is 93.4 Å². The molecule has 0 aliphatic carbocycles. The lowest BCUT2D eigenvalue weighted by Gasteiger charge is -2.35. The summed E-state index contributed by atoms with van der Waals surface area (Å²) in [5.41, 5.74) is 0. The van der Waals surface area contributed by atoms with Gasteiger partial charge in [0.1, 0.15) is 5.78 Å². The van der Waals surface area contributed by atoms with Gasteiger partial charge < -0.3 is 4.90 Å². The Kier molecular flexibility index (Phi) is 4.74. The van der Waals surface area contributed by atoms with Gasteiger partial charge in [0.2, 0.25) is 0 Å². The second-order valence-electron chi connectivity index (χ2n) is 5.08. The molecule has 1 fully saturated rings. The number of Topliss-reactive ketones (excluding diaryl/α,β-unsaturated/α-hetero) is 1. The van der Waals surface area contributed by atoms with Gasteiger partial charge in [-0.2, -0.15) is 0 Å². The molecule has 1 aliphatic heterocycles. The molecule has 3 nitrogen and oxygen atoms in total. The van der Waals surface area contributed by atoms with Crippen molar-refractivity contribution in [1.82, 2.24) is 9.80 Å². The first-order valence-corrected chi connectivity index (χ1v) is 5.96. The number of carbonyl (C=O) groups excluding carboxylic acids is 1. The molecule has 3 heteroatoms. The molecule has 0 bridgehead atoms. The minimum Gasteiger partial charge on any atom is -0.304 e. The topological polar surface area (TPSA) is 23.6 Å². The molecule has 0 N–H and O–H groups in total. The molecule has 1 rings (SSSR count). The summed E-state index contributed by atoms with van der Waals surface area (Å²) < 4.78 is 0. The average molecular weight is 212 g/mol. The monoisotopic (exact) mass is 212 g/mol. The van der Waals surface area contributed by atoms with Crippen molar-refractivity contribution < 1.29 is 4.79 Å². The van der Waals surface area contributed by atoms with Crippen molar-refractivity contribution in [2.45, 2.75) is 33.2 Å². The predicted octanol–water partition coefficient (Wildman–Crippen LogP) is 1.24. The fraction of sp³-hybridized carbons (Fsp3) is 0.917. The Morgan fingerprint density at radius 2 is 1.67 bits per heavy atom. The Bertz CT molecular complexity index is 208. The molecule has 1 atom stereocenters. The summed E-state index contributed by atoms with van der Waals surface area (Å²) in [6.07, 6.45) is 0.716. The minimum atomic E-state index is 0.112. The maximum Gasteiger partial charge on any atom is 0.149 e. The van der Waals surface area contributed by atoms with Crippen LogP contribution in [-0.4, -0.2) is 54.9 Å². The summed E-state index contributed by atoms with van der Waals surface area (Å²) in [5.74, 6) is 0.877. The number of hydrogen-bond acceptors (Lipinski definition) is 3. The maximum absolute atomic E-state index is 11.9. The van der Waals surface area contributed by atoms with Crippen LogP contribution < -0.4 is 0 Å². The Morgan fingerprint density at radius 1 is 1.13 bits per heavy atom. The van der Waals surface area contributed by atoms with Crippen LogP contribution >= 0.6 is 0 Å². The first-order valence-electron chi connectivity index (χ1n) is 5.96. The molecule has 0 aromatic rings. The average Bonchev–Trinajstić information content (AvgIpc) is 2.17. The number of rotatable bonds is 4. The zero-order chi connectivity index (χ0) is 11.4.